The minimum atomic E-state index is -3.73. The molecule has 1 atom stereocenters. The Labute approximate surface area is 83.0 Å². The Morgan fingerprint density at radius 3 is 2.21 bits per heavy atom. The summed E-state index contributed by atoms with van der Waals surface area (Å²) in [6.07, 6.45) is -0.188. The van der Waals surface area contributed by atoms with Crippen LogP contribution in [0.3, 0.4) is 0 Å². The first-order chi connectivity index (χ1) is 6.06. The third-order valence-corrected chi connectivity index (χ3v) is 3.92. The molecule has 0 heterocycles. The van der Waals surface area contributed by atoms with E-state index in [0.717, 1.165) is 6.92 Å². The zero-order valence-electron chi connectivity index (χ0n) is 8.45. The maximum absolute atomic E-state index is 13.0. The summed E-state index contributed by atoms with van der Waals surface area (Å²) in [4.78, 5) is 10.4. The Kier molecular flexibility index (Phi) is 4.05. The first-order valence-electron chi connectivity index (χ1n) is 4.19. The van der Waals surface area contributed by atoms with Gasteiger partial charge >= 0.3 is 5.97 Å². The van der Waals surface area contributed by atoms with Crippen molar-refractivity contribution in [2.24, 2.45) is 0 Å². The lowest BCUT2D eigenvalue weighted by atomic mass is 10.1. The molecule has 0 aliphatic carbocycles. The average Bonchev–Trinajstić information content (AvgIpc) is 1.98. The topological polar surface area (TPSA) is 71.4 Å². The van der Waals surface area contributed by atoms with Crippen LogP contribution < -0.4 is 0 Å². The second-order valence-electron chi connectivity index (χ2n) is 3.82. The van der Waals surface area contributed by atoms with Gasteiger partial charge in [-0.25, -0.2) is 12.8 Å². The normalized spacial score (nSPS) is 15.1. The predicted octanol–water partition coefficient (Wildman–Crippen LogP) is 1.01. The molecule has 0 aliphatic rings. The maximum atomic E-state index is 13.0. The molecule has 0 saturated heterocycles. The zero-order valence-corrected chi connectivity index (χ0v) is 9.27. The first kappa shape index (κ1) is 13.4. The fourth-order valence-electron chi connectivity index (χ4n) is 0.715. The number of carboxylic acid groups (broad SMARTS) is 1. The standard InChI is InChI=1S/C8H15FO4S/c1-6(7(10)11)14(12,13)5-4-8(2,3)9/h6H,4-5H2,1-3H3,(H,10,11). The van der Waals surface area contributed by atoms with E-state index in [1.807, 2.05) is 0 Å². The molecule has 6 heteroatoms. The van der Waals surface area contributed by atoms with Crippen LogP contribution in [0.1, 0.15) is 27.2 Å². The fourth-order valence-corrected chi connectivity index (χ4v) is 2.15. The molecule has 0 radical (unpaired) electrons. The van der Waals surface area contributed by atoms with Gasteiger partial charge in [-0.2, -0.15) is 0 Å². The molecule has 1 N–H and O–H groups in total. The van der Waals surface area contributed by atoms with Crippen LogP contribution in [0.25, 0.3) is 0 Å². The molecule has 0 aromatic heterocycles. The Balaban J connectivity index is 4.45. The van der Waals surface area contributed by atoms with E-state index >= 15 is 0 Å². The van der Waals surface area contributed by atoms with Gasteiger partial charge in [0, 0.05) is 0 Å². The molecule has 0 aromatic carbocycles. The minimum absolute atomic E-state index is 0.188. The van der Waals surface area contributed by atoms with Crippen LogP contribution >= 0.6 is 0 Å². The van der Waals surface area contributed by atoms with E-state index in [4.69, 9.17) is 5.11 Å². The van der Waals surface area contributed by atoms with Gasteiger partial charge in [0.2, 0.25) is 0 Å². The van der Waals surface area contributed by atoms with E-state index < -0.39 is 32.5 Å². The van der Waals surface area contributed by atoms with Crippen LogP contribution in [0.5, 0.6) is 0 Å². The number of alkyl halides is 1. The number of aliphatic carboxylic acids is 1. The van der Waals surface area contributed by atoms with Gasteiger partial charge in [-0.3, -0.25) is 4.79 Å². The second kappa shape index (κ2) is 4.25. The molecule has 0 bridgehead atoms. The lowest BCUT2D eigenvalue weighted by Crippen LogP contribution is -2.31. The van der Waals surface area contributed by atoms with Gasteiger partial charge in [0.1, 0.15) is 5.67 Å². The van der Waals surface area contributed by atoms with Crippen molar-refractivity contribution in [3.05, 3.63) is 0 Å². The number of halogens is 1. The Hall–Kier alpha value is -0.650. The molecule has 0 amide bonds. The van der Waals surface area contributed by atoms with Crippen molar-refractivity contribution in [2.45, 2.75) is 38.1 Å². The van der Waals surface area contributed by atoms with E-state index in [-0.39, 0.29) is 6.42 Å². The van der Waals surface area contributed by atoms with Gasteiger partial charge in [-0.15, -0.1) is 0 Å². The van der Waals surface area contributed by atoms with Gasteiger partial charge in [0.05, 0.1) is 5.75 Å². The average molecular weight is 226 g/mol. The minimum Gasteiger partial charge on any atom is -0.480 e. The van der Waals surface area contributed by atoms with E-state index in [2.05, 4.69) is 0 Å². The van der Waals surface area contributed by atoms with Crippen molar-refractivity contribution in [3.8, 4) is 0 Å². The number of sulfone groups is 1. The molecule has 4 nitrogen and oxygen atoms in total. The third kappa shape index (κ3) is 4.55. The number of hydrogen-bond donors (Lipinski definition) is 1. The lowest BCUT2D eigenvalue weighted by molar-refractivity contribution is -0.136. The van der Waals surface area contributed by atoms with Crippen molar-refractivity contribution >= 4 is 15.8 Å². The summed E-state index contributed by atoms with van der Waals surface area (Å²) in [5.74, 6) is -1.84. The summed E-state index contributed by atoms with van der Waals surface area (Å²) < 4.78 is 35.5. The van der Waals surface area contributed by atoms with Crippen molar-refractivity contribution in [1.82, 2.24) is 0 Å². The highest BCUT2D eigenvalue weighted by Gasteiger charge is 2.29. The Morgan fingerprint density at radius 2 is 1.93 bits per heavy atom. The number of carbonyl (C=O) groups is 1. The fraction of sp³-hybridized carbons (Fsp3) is 0.875. The molecule has 1 unspecified atom stereocenters. The van der Waals surface area contributed by atoms with Gasteiger partial charge in [-0.1, -0.05) is 0 Å². The lowest BCUT2D eigenvalue weighted by Gasteiger charge is -2.15. The summed E-state index contributed by atoms with van der Waals surface area (Å²) in [5.41, 5.74) is -1.59. The summed E-state index contributed by atoms with van der Waals surface area (Å²) in [5, 5.41) is 7.01. The largest absolute Gasteiger partial charge is 0.480 e. The summed E-state index contributed by atoms with van der Waals surface area (Å²) in [6, 6.07) is 0. The smallest absolute Gasteiger partial charge is 0.321 e. The monoisotopic (exact) mass is 226 g/mol. The molecule has 14 heavy (non-hydrogen) atoms. The third-order valence-electron chi connectivity index (χ3n) is 1.87. The van der Waals surface area contributed by atoms with Crippen molar-refractivity contribution in [1.29, 1.82) is 0 Å². The molecule has 0 fully saturated rings. The number of rotatable bonds is 5. The highest BCUT2D eigenvalue weighted by Crippen LogP contribution is 2.16. The quantitative estimate of drug-likeness (QED) is 0.759. The van der Waals surface area contributed by atoms with Crippen molar-refractivity contribution < 1.29 is 22.7 Å². The van der Waals surface area contributed by atoms with E-state index in [9.17, 15) is 17.6 Å². The van der Waals surface area contributed by atoms with Crippen LogP contribution in [-0.4, -0.2) is 36.2 Å². The molecule has 0 rings (SSSR count). The SMILES string of the molecule is CC(C(=O)O)S(=O)(=O)CCC(C)(C)F. The molecule has 84 valence electrons. The van der Waals surface area contributed by atoms with E-state index in [1.165, 1.54) is 13.8 Å². The molecular formula is C8H15FO4S. The highest BCUT2D eigenvalue weighted by molar-refractivity contribution is 7.92. The van der Waals surface area contributed by atoms with E-state index in [1.54, 1.807) is 0 Å². The Morgan fingerprint density at radius 1 is 1.50 bits per heavy atom. The Bertz CT molecular complexity index is 302. The number of carboxylic acids is 1. The van der Waals surface area contributed by atoms with Crippen LogP contribution in [0.2, 0.25) is 0 Å². The highest BCUT2D eigenvalue weighted by atomic mass is 32.2. The van der Waals surface area contributed by atoms with Gasteiger partial charge in [0.15, 0.2) is 15.1 Å². The first-order valence-corrected chi connectivity index (χ1v) is 5.91. The maximum Gasteiger partial charge on any atom is 0.321 e. The van der Waals surface area contributed by atoms with Crippen LogP contribution in [-0.2, 0) is 14.6 Å². The van der Waals surface area contributed by atoms with Crippen LogP contribution in [0.15, 0.2) is 0 Å². The van der Waals surface area contributed by atoms with Crippen molar-refractivity contribution in [3.63, 3.8) is 0 Å². The van der Waals surface area contributed by atoms with Crippen LogP contribution in [0, 0.1) is 0 Å². The molecule has 0 aliphatic heterocycles. The molecule has 0 saturated carbocycles. The predicted molar refractivity (Wildman–Crippen MR) is 50.7 cm³/mol. The number of hydrogen-bond acceptors (Lipinski definition) is 3. The second-order valence-corrected chi connectivity index (χ2v) is 6.26. The molecule has 0 spiro atoms. The summed E-state index contributed by atoms with van der Waals surface area (Å²) in [6.45, 7) is 3.60. The molecular weight excluding hydrogens is 211 g/mol. The molecule has 0 aromatic rings. The van der Waals surface area contributed by atoms with E-state index in [0.29, 0.717) is 0 Å². The van der Waals surface area contributed by atoms with Crippen molar-refractivity contribution in [2.75, 3.05) is 5.75 Å². The van der Waals surface area contributed by atoms with Gasteiger partial charge < -0.3 is 5.11 Å². The summed E-state index contributed by atoms with van der Waals surface area (Å²) >= 11 is 0. The zero-order chi connectivity index (χ0) is 11.6. The summed E-state index contributed by atoms with van der Waals surface area (Å²) in [7, 11) is -3.73. The van der Waals surface area contributed by atoms with Crippen LogP contribution in [0.4, 0.5) is 4.39 Å². The van der Waals surface area contributed by atoms with Gasteiger partial charge in [0.25, 0.3) is 0 Å². The van der Waals surface area contributed by atoms with Gasteiger partial charge in [-0.05, 0) is 27.2 Å².